The van der Waals surface area contributed by atoms with Gasteiger partial charge >= 0.3 is 0 Å². The van der Waals surface area contributed by atoms with Gasteiger partial charge in [0.05, 0.1) is 12.3 Å². The lowest BCUT2D eigenvalue weighted by atomic mass is 10.5. The summed E-state index contributed by atoms with van der Waals surface area (Å²) in [6, 6.07) is 0. The van der Waals surface area contributed by atoms with E-state index in [1.807, 2.05) is 6.20 Å². The second-order valence-electron chi connectivity index (χ2n) is 2.21. The van der Waals surface area contributed by atoms with Crippen LogP contribution in [0.25, 0.3) is 0 Å². The van der Waals surface area contributed by atoms with E-state index in [2.05, 4.69) is 9.55 Å². The highest BCUT2D eigenvalue weighted by Crippen LogP contribution is 2.24. The summed E-state index contributed by atoms with van der Waals surface area (Å²) in [5.41, 5.74) is 0.780. The normalized spacial score (nSPS) is 15.7. The summed E-state index contributed by atoms with van der Waals surface area (Å²) in [5, 5.41) is 9.76. The van der Waals surface area contributed by atoms with E-state index in [1.165, 1.54) is 0 Å². The first-order valence-corrected chi connectivity index (χ1v) is 4.18. The third-order valence-corrected chi connectivity index (χ3v) is 2.49. The maximum absolute atomic E-state index is 8.71. The van der Waals surface area contributed by atoms with Gasteiger partial charge in [-0.25, -0.2) is 4.98 Å². The number of aryl methyl sites for hydroxylation is 1. The Bertz CT molecular complexity index is 224. The van der Waals surface area contributed by atoms with Crippen LogP contribution in [0.15, 0.2) is 11.4 Å². The van der Waals surface area contributed by atoms with Crippen LogP contribution in [0.5, 0.6) is 0 Å². The maximum atomic E-state index is 8.71. The molecule has 2 rings (SSSR count). The molecule has 0 radical (unpaired) electrons. The molecule has 3 nitrogen and oxygen atoms in total. The highest BCUT2D eigenvalue weighted by Gasteiger charge is 2.12. The van der Waals surface area contributed by atoms with Crippen LogP contribution < -0.4 is 0 Å². The molecule has 0 saturated carbocycles. The first kappa shape index (κ1) is 6.24. The predicted molar refractivity (Wildman–Crippen MR) is 38.9 cm³/mol. The number of hydrogen-bond donors (Lipinski definition) is 1. The zero-order chi connectivity index (χ0) is 6.97. The highest BCUT2D eigenvalue weighted by molar-refractivity contribution is 7.99. The molecule has 1 aliphatic heterocycles. The summed E-state index contributed by atoms with van der Waals surface area (Å²) in [4.78, 5) is 4.19. The summed E-state index contributed by atoms with van der Waals surface area (Å²) >= 11 is 1.74. The molecule has 1 aromatic heterocycles. The average molecular weight is 156 g/mol. The highest BCUT2D eigenvalue weighted by atomic mass is 32.2. The van der Waals surface area contributed by atoms with E-state index in [0.717, 1.165) is 23.1 Å². The number of aliphatic hydroxyl groups is 1. The minimum atomic E-state index is 0.0561. The fourth-order valence-electron chi connectivity index (χ4n) is 1.04. The molecule has 54 valence electrons. The Balaban J connectivity index is 2.37. The lowest BCUT2D eigenvalue weighted by molar-refractivity contribution is 0.277. The molecule has 0 spiro atoms. The van der Waals surface area contributed by atoms with E-state index in [1.54, 1.807) is 11.8 Å². The second kappa shape index (κ2) is 2.29. The molecule has 0 saturated heterocycles. The van der Waals surface area contributed by atoms with Crippen molar-refractivity contribution in [3.8, 4) is 0 Å². The minimum Gasteiger partial charge on any atom is -0.390 e. The molecule has 4 heteroatoms. The van der Waals surface area contributed by atoms with Crippen molar-refractivity contribution in [1.82, 2.24) is 9.55 Å². The Morgan fingerprint density at radius 3 is 3.40 bits per heavy atom. The van der Waals surface area contributed by atoms with Crippen LogP contribution in [0, 0.1) is 0 Å². The lowest BCUT2D eigenvalue weighted by Crippen LogP contribution is -1.89. The Morgan fingerprint density at radius 2 is 2.70 bits per heavy atom. The molecule has 0 bridgehead atoms. The molecule has 0 amide bonds. The Morgan fingerprint density at radius 1 is 1.80 bits per heavy atom. The molecule has 0 aliphatic carbocycles. The molecular formula is C6H8N2OS. The van der Waals surface area contributed by atoms with E-state index in [-0.39, 0.29) is 6.61 Å². The topological polar surface area (TPSA) is 38.0 Å². The number of aromatic nitrogens is 2. The van der Waals surface area contributed by atoms with Gasteiger partial charge in [-0.15, -0.1) is 0 Å². The number of thioether (sulfide) groups is 1. The van der Waals surface area contributed by atoms with E-state index in [9.17, 15) is 0 Å². The van der Waals surface area contributed by atoms with Crippen molar-refractivity contribution in [2.75, 3.05) is 5.75 Å². The zero-order valence-corrected chi connectivity index (χ0v) is 6.27. The van der Waals surface area contributed by atoms with Crippen LogP contribution in [0.2, 0.25) is 0 Å². The average Bonchev–Trinajstić information content (AvgIpc) is 2.42. The lowest BCUT2D eigenvalue weighted by Gasteiger charge is -1.87. The standard InChI is InChI=1S/C6H8N2OS/c9-4-5-3-8-1-2-10-6(8)7-5/h3,9H,1-2,4H2. The fraction of sp³-hybridized carbons (Fsp3) is 0.500. The van der Waals surface area contributed by atoms with Crippen LogP contribution in [-0.4, -0.2) is 20.4 Å². The third kappa shape index (κ3) is 0.839. The Labute approximate surface area is 63.1 Å². The van der Waals surface area contributed by atoms with Gasteiger partial charge in [-0.05, 0) is 0 Å². The molecule has 1 aliphatic rings. The molecule has 10 heavy (non-hydrogen) atoms. The van der Waals surface area contributed by atoms with Gasteiger partial charge < -0.3 is 9.67 Å². The van der Waals surface area contributed by atoms with Gasteiger partial charge in [0.15, 0.2) is 5.16 Å². The number of hydrogen-bond acceptors (Lipinski definition) is 3. The van der Waals surface area contributed by atoms with Crippen molar-refractivity contribution in [3.63, 3.8) is 0 Å². The third-order valence-electron chi connectivity index (χ3n) is 1.52. The number of aliphatic hydroxyl groups excluding tert-OH is 1. The van der Waals surface area contributed by atoms with Crippen LogP contribution in [0.3, 0.4) is 0 Å². The molecular weight excluding hydrogens is 148 g/mol. The molecule has 0 atom stereocenters. The number of nitrogens with zero attached hydrogens (tertiary/aromatic N) is 2. The van der Waals surface area contributed by atoms with Crippen molar-refractivity contribution in [2.24, 2.45) is 0 Å². The minimum absolute atomic E-state index is 0.0561. The quantitative estimate of drug-likeness (QED) is 0.642. The van der Waals surface area contributed by atoms with Gasteiger partial charge in [0.2, 0.25) is 0 Å². The van der Waals surface area contributed by atoms with Crippen molar-refractivity contribution in [3.05, 3.63) is 11.9 Å². The summed E-state index contributed by atoms with van der Waals surface area (Å²) in [5.74, 6) is 1.12. The van der Waals surface area contributed by atoms with E-state index in [4.69, 9.17) is 5.11 Å². The predicted octanol–water partition coefficient (Wildman–Crippen LogP) is 0.481. The van der Waals surface area contributed by atoms with Crippen LogP contribution in [0.1, 0.15) is 5.69 Å². The van der Waals surface area contributed by atoms with Crippen molar-refractivity contribution in [2.45, 2.75) is 18.3 Å². The van der Waals surface area contributed by atoms with Gasteiger partial charge in [0, 0.05) is 18.5 Å². The first-order chi connectivity index (χ1) is 4.90. The van der Waals surface area contributed by atoms with E-state index >= 15 is 0 Å². The van der Waals surface area contributed by atoms with Gasteiger partial charge in [-0.1, -0.05) is 11.8 Å². The Hall–Kier alpha value is -0.480. The van der Waals surface area contributed by atoms with E-state index in [0.29, 0.717) is 0 Å². The fourth-order valence-corrected chi connectivity index (χ4v) is 2.00. The van der Waals surface area contributed by atoms with Gasteiger partial charge in [0.1, 0.15) is 0 Å². The van der Waals surface area contributed by atoms with Gasteiger partial charge in [-0.2, -0.15) is 0 Å². The largest absolute Gasteiger partial charge is 0.390 e. The SMILES string of the molecule is OCc1cn2c(n1)SCC2. The zero-order valence-electron chi connectivity index (χ0n) is 5.45. The molecule has 1 aromatic rings. The number of rotatable bonds is 1. The Kier molecular flexibility index (Phi) is 1.43. The first-order valence-electron chi connectivity index (χ1n) is 3.20. The van der Waals surface area contributed by atoms with Crippen LogP contribution in [-0.2, 0) is 13.2 Å². The summed E-state index contributed by atoms with van der Waals surface area (Å²) in [7, 11) is 0. The van der Waals surface area contributed by atoms with Crippen molar-refractivity contribution >= 4 is 11.8 Å². The summed E-state index contributed by atoms with van der Waals surface area (Å²) in [6.07, 6.45) is 1.91. The smallest absolute Gasteiger partial charge is 0.168 e. The second-order valence-corrected chi connectivity index (χ2v) is 3.28. The number of fused-ring (bicyclic) bond motifs is 1. The van der Waals surface area contributed by atoms with E-state index < -0.39 is 0 Å². The monoisotopic (exact) mass is 156 g/mol. The summed E-state index contributed by atoms with van der Waals surface area (Å²) in [6.45, 7) is 1.09. The van der Waals surface area contributed by atoms with Crippen molar-refractivity contribution in [1.29, 1.82) is 0 Å². The molecule has 1 N–H and O–H groups in total. The molecule has 0 unspecified atom stereocenters. The van der Waals surface area contributed by atoms with Crippen LogP contribution in [0.4, 0.5) is 0 Å². The van der Waals surface area contributed by atoms with Gasteiger partial charge in [-0.3, -0.25) is 0 Å². The molecule has 2 heterocycles. The number of imidazole rings is 1. The summed E-state index contributed by atoms with van der Waals surface area (Å²) < 4.78 is 2.08. The van der Waals surface area contributed by atoms with Crippen molar-refractivity contribution < 1.29 is 5.11 Å². The van der Waals surface area contributed by atoms with Crippen LogP contribution >= 0.6 is 11.8 Å². The van der Waals surface area contributed by atoms with Gasteiger partial charge in [0.25, 0.3) is 0 Å². The maximum Gasteiger partial charge on any atom is 0.168 e. The molecule has 0 fully saturated rings. The molecule has 0 aromatic carbocycles.